The Morgan fingerprint density at radius 1 is 0.424 bits per heavy atom. The maximum atomic E-state index is 4.22. The third-order valence-corrected chi connectivity index (χ3v) is 14.2. The molecule has 4 nitrogen and oxygen atoms in total. The smallest absolute Gasteiger partial charge is 0.0553 e. The molecule has 326 valence electrons. The van der Waals surface area contributed by atoms with Gasteiger partial charge in [0.2, 0.25) is 0 Å². The van der Waals surface area contributed by atoms with Crippen molar-refractivity contribution in [2.45, 2.75) is 84.8 Å². The fourth-order valence-corrected chi connectivity index (χ4v) is 10.7. The highest BCUT2D eigenvalue weighted by Gasteiger charge is 2.24. The van der Waals surface area contributed by atoms with E-state index in [2.05, 4.69) is 179 Å². The number of fused-ring (bicyclic) bond motifs is 4. The van der Waals surface area contributed by atoms with E-state index in [1.165, 1.54) is 93.7 Å². The van der Waals surface area contributed by atoms with Crippen molar-refractivity contribution in [1.82, 2.24) is 9.97 Å². The second-order valence-corrected chi connectivity index (χ2v) is 18.9. The van der Waals surface area contributed by atoms with Crippen LogP contribution in [0, 0.1) is 23.7 Å². The van der Waals surface area contributed by atoms with Gasteiger partial charge in [-0.1, -0.05) is 160 Å². The summed E-state index contributed by atoms with van der Waals surface area (Å²) >= 11 is 3.72. The van der Waals surface area contributed by atoms with Crippen LogP contribution >= 0.6 is 23.5 Å². The summed E-state index contributed by atoms with van der Waals surface area (Å²) in [4.78, 5) is 18.6. The quantitative estimate of drug-likeness (QED) is 0.0614. The van der Waals surface area contributed by atoms with E-state index < -0.39 is 0 Å². The summed E-state index contributed by atoms with van der Waals surface area (Å²) in [6, 6.07) is 43.5. The minimum atomic E-state index is 0.914. The molecule has 66 heavy (non-hydrogen) atoms. The number of aromatic nitrogens is 2. The summed E-state index contributed by atoms with van der Waals surface area (Å²) in [5.41, 5.74) is 13.1. The van der Waals surface area contributed by atoms with E-state index in [-0.39, 0.29) is 0 Å². The number of anilines is 4. The third-order valence-electron chi connectivity index (χ3n) is 11.9. The van der Waals surface area contributed by atoms with Crippen molar-refractivity contribution in [3.8, 4) is 23.7 Å². The first kappa shape index (κ1) is 44.5. The number of rotatable bonds is 14. The van der Waals surface area contributed by atoms with Gasteiger partial charge in [0.25, 0.3) is 0 Å². The van der Waals surface area contributed by atoms with E-state index in [9.17, 15) is 0 Å². The Hall–Kier alpha value is -6.70. The van der Waals surface area contributed by atoms with Crippen LogP contribution in [0.2, 0.25) is 0 Å². The largest absolute Gasteiger partial charge is 0.340 e. The van der Waals surface area contributed by atoms with Gasteiger partial charge >= 0.3 is 0 Å². The van der Waals surface area contributed by atoms with Crippen LogP contribution in [0.15, 0.2) is 166 Å². The zero-order chi connectivity index (χ0) is 44.9. The van der Waals surface area contributed by atoms with E-state index in [0.717, 1.165) is 57.6 Å². The Morgan fingerprint density at radius 2 is 0.848 bits per heavy atom. The molecule has 2 aliphatic heterocycles. The van der Waals surface area contributed by atoms with Crippen LogP contribution in [-0.4, -0.2) is 23.1 Å². The van der Waals surface area contributed by atoms with E-state index >= 15 is 0 Å². The van der Waals surface area contributed by atoms with Gasteiger partial charge in [0, 0.05) is 79.7 Å². The molecule has 2 aliphatic rings. The zero-order valence-electron chi connectivity index (χ0n) is 37.8. The Labute approximate surface area is 400 Å². The molecule has 0 fully saturated rings. The first-order chi connectivity index (χ1) is 32.6. The average molecular weight is 895 g/mol. The number of hydrogen-bond donors (Lipinski definition) is 0. The lowest BCUT2D eigenvalue weighted by atomic mass is 9.96. The molecular formula is C60H54N4S2. The monoisotopic (exact) mass is 894 g/mol. The van der Waals surface area contributed by atoms with Crippen molar-refractivity contribution in [1.29, 1.82) is 0 Å². The Kier molecular flexibility index (Phi) is 14.8. The second kappa shape index (κ2) is 22.0. The van der Waals surface area contributed by atoms with Crippen LogP contribution in [0.5, 0.6) is 0 Å². The van der Waals surface area contributed by atoms with Crippen molar-refractivity contribution >= 4 is 70.6 Å². The maximum absolute atomic E-state index is 4.22. The summed E-state index contributed by atoms with van der Waals surface area (Å²) < 4.78 is 0. The normalized spacial score (nSPS) is 12.5. The molecule has 0 spiro atoms. The van der Waals surface area contributed by atoms with Crippen LogP contribution in [0.4, 0.5) is 22.7 Å². The molecule has 6 heteroatoms. The standard InChI is InChI=1S/C60H54N4S2/c1-3-5-7-13-39-63-53-15-9-11-17-57(53)65-59-41-47(23-29-55(59)63)21-27-51-43-50(26-20-46-33-37-62-38-34-46)52(44-49(51)25-19-45-31-35-61-36-32-45)28-22-48-24-30-56-60(42-48)66-58-18-12-10-16-54(58)64(56)40-14-8-6-4-2/h9-12,15-18,21-24,27-38,41-44H,3-8,13-14,39-40H2,1-2H3/b27-21+,28-22+. The minimum Gasteiger partial charge on any atom is -0.340 e. The van der Waals surface area contributed by atoms with Gasteiger partial charge in [-0.3, -0.25) is 9.97 Å². The van der Waals surface area contributed by atoms with Gasteiger partial charge in [-0.15, -0.1) is 0 Å². The molecule has 2 aromatic heterocycles. The highest BCUT2D eigenvalue weighted by atomic mass is 32.2. The van der Waals surface area contributed by atoms with Crippen molar-refractivity contribution < 1.29 is 0 Å². The maximum Gasteiger partial charge on any atom is 0.0553 e. The lowest BCUT2D eigenvalue weighted by Gasteiger charge is -2.33. The van der Waals surface area contributed by atoms with Crippen molar-refractivity contribution in [3.05, 3.63) is 191 Å². The number of pyridine rings is 2. The van der Waals surface area contributed by atoms with E-state index in [1.807, 2.05) is 47.8 Å². The van der Waals surface area contributed by atoms with Gasteiger partial charge < -0.3 is 9.80 Å². The highest BCUT2D eigenvalue weighted by Crippen LogP contribution is 2.50. The Bertz CT molecular complexity index is 2780. The van der Waals surface area contributed by atoms with Crippen molar-refractivity contribution in [3.63, 3.8) is 0 Å². The zero-order valence-corrected chi connectivity index (χ0v) is 39.5. The van der Waals surface area contributed by atoms with Gasteiger partial charge in [0.05, 0.1) is 22.7 Å². The molecule has 0 amide bonds. The molecule has 0 radical (unpaired) electrons. The Morgan fingerprint density at radius 3 is 1.29 bits per heavy atom. The Balaban J connectivity index is 1.08. The highest BCUT2D eigenvalue weighted by molar-refractivity contribution is 8.00. The molecule has 0 N–H and O–H groups in total. The van der Waals surface area contributed by atoms with Gasteiger partial charge in [-0.2, -0.15) is 0 Å². The van der Waals surface area contributed by atoms with Crippen LogP contribution in [0.1, 0.15) is 110 Å². The van der Waals surface area contributed by atoms with Crippen molar-refractivity contribution in [2.24, 2.45) is 0 Å². The molecule has 0 atom stereocenters. The van der Waals surface area contributed by atoms with E-state index in [1.54, 1.807) is 24.8 Å². The van der Waals surface area contributed by atoms with Gasteiger partial charge in [0.1, 0.15) is 0 Å². The summed E-state index contributed by atoms with van der Waals surface area (Å²) in [6.07, 6.45) is 25.8. The topological polar surface area (TPSA) is 32.3 Å². The lowest BCUT2D eigenvalue weighted by molar-refractivity contribution is 0.665. The number of para-hydroxylation sites is 2. The molecule has 0 aliphatic carbocycles. The van der Waals surface area contributed by atoms with Crippen LogP contribution in [-0.2, 0) is 0 Å². The summed E-state index contributed by atoms with van der Waals surface area (Å²) in [5, 5.41) is 0. The average Bonchev–Trinajstić information content (AvgIpc) is 3.36. The molecule has 0 unspecified atom stereocenters. The van der Waals surface area contributed by atoms with E-state index in [0.29, 0.717) is 0 Å². The van der Waals surface area contributed by atoms with Gasteiger partial charge in [-0.25, -0.2) is 0 Å². The molecule has 5 aromatic carbocycles. The number of nitrogens with zero attached hydrogens (tertiary/aromatic N) is 4. The third kappa shape index (κ3) is 10.9. The summed E-state index contributed by atoms with van der Waals surface area (Å²) in [6.45, 7) is 6.57. The lowest BCUT2D eigenvalue weighted by Crippen LogP contribution is -2.22. The van der Waals surface area contributed by atoms with Crippen LogP contribution in [0.25, 0.3) is 24.3 Å². The molecular weight excluding hydrogens is 841 g/mol. The molecule has 0 bridgehead atoms. The van der Waals surface area contributed by atoms with Crippen LogP contribution < -0.4 is 9.80 Å². The first-order valence-electron chi connectivity index (χ1n) is 23.4. The number of hydrogen-bond acceptors (Lipinski definition) is 6. The van der Waals surface area contributed by atoms with Crippen molar-refractivity contribution in [2.75, 3.05) is 22.9 Å². The van der Waals surface area contributed by atoms with Crippen LogP contribution in [0.3, 0.4) is 0 Å². The van der Waals surface area contributed by atoms with Gasteiger partial charge in [0.15, 0.2) is 0 Å². The molecule has 7 aromatic rings. The summed E-state index contributed by atoms with van der Waals surface area (Å²) in [7, 11) is 0. The second-order valence-electron chi connectivity index (χ2n) is 16.7. The molecule has 0 saturated carbocycles. The predicted octanol–water partition coefficient (Wildman–Crippen LogP) is 16.0. The predicted molar refractivity (Wildman–Crippen MR) is 281 cm³/mol. The first-order valence-corrected chi connectivity index (χ1v) is 25.0. The minimum absolute atomic E-state index is 0.914. The van der Waals surface area contributed by atoms with E-state index in [4.69, 9.17) is 0 Å². The fraction of sp³-hybridized carbons (Fsp3) is 0.200. The number of benzene rings is 5. The SMILES string of the molecule is CCCCCCN1c2ccccc2Sc2cc(/C=C/c3cc(C#Cc4ccncc4)c(/C=C/c4ccc5c(c4)Sc4ccccc4N5CCCCCC)cc3C#Cc3ccncc3)ccc21. The fourth-order valence-electron chi connectivity index (χ4n) is 8.43. The molecule has 4 heterocycles. The molecule has 0 saturated heterocycles. The molecule has 9 rings (SSSR count). The number of unbranched alkanes of at least 4 members (excludes halogenated alkanes) is 6. The summed E-state index contributed by atoms with van der Waals surface area (Å²) in [5.74, 6) is 13.9. The van der Waals surface area contributed by atoms with Gasteiger partial charge in [-0.05, 0) is 120 Å².